The summed E-state index contributed by atoms with van der Waals surface area (Å²) in [6.07, 6.45) is 17.7. The summed E-state index contributed by atoms with van der Waals surface area (Å²) in [6.45, 7) is 3.69. The molecule has 0 bridgehead atoms. The minimum absolute atomic E-state index is 0.00576. The molecule has 3 N–H and O–H groups in total. The van der Waals surface area contributed by atoms with Gasteiger partial charge in [0.05, 0.1) is 27.7 Å². The fourth-order valence-electron chi connectivity index (χ4n) is 4.11. The zero-order valence-electron chi connectivity index (χ0n) is 24.3. The summed E-state index contributed by atoms with van der Waals surface area (Å²) in [6, 6.07) is 0. The first-order valence-corrected chi connectivity index (χ1v) is 15.9. The summed E-state index contributed by atoms with van der Waals surface area (Å²) in [5, 5.41) is 21.6. The van der Waals surface area contributed by atoms with Crippen molar-refractivity contribution in [3.8, 4) is 0 Å². The highest BCUT2D eigenvalue weighted by molar-refractivity contribution is 7.47. The number of carbonyl (C=O) groups excluding carboxylic acids is 1. The van der Waals surface area contributed by atoms with Gasteiger partial charge in [0.1, 0.15) is 19.3 Å². The van der Waals surface area contributed by atoms with Crippen LogP contribution in [0, 0.1) is 0 Å². The van der Waals surface area contributed by atoms with Crippen LogP contribution in [0.1, 0.15) is 110 Å². The van der Waals surface area contributed by atoms with Crippen molar-refractivity contribution in [2.24, 2.45) is 0 Å². The average molecular weight is 551 g/mol. The molecule has 0 spiro atoms. The molecule has 0 aliphatic heterocycles. The molecule has 0 rings (SSSR count). The summed E-state index contributed by atoms with van der Waals surface area (Å²) in [4.78, 5) is 22.4. The minimum atomic E-state index is -4.42. The van der Waals surface area contributed by atoms with E-state index in [1.165, 1.54) is 76.4 Å². The highest BCUT2D eigenvalue weighted by Crippen LogP contribution is 2.43. The molecule has 0 saturated heterocycles. The van der Waals surface area contributed by atoms with Gasteiger partial charge in [-0.05, 0) is 19.4 Å². The number of hydrogen-bond acceptors (Lipinski definition) is 6. The lowest BCUT2D eigenvalue weighted by Crippen LogP contribution is -2.51. The van der Waals surface area contributed by atoms with Crippen LogP contribution < -0.4 is 0 Å². The van der Waals surface area contributed by atoms with Crippen molar-refractivity contribution in [3.63, 3.8) is 0 Å². The van der Waals surface area contributed by atoms with Gasteiger partial charge in [-0.1, -0.05) is 103 Å². The maximum absolute atomic E-state index is 12.6. The molecule has 0 aromatic heterocycles. The minimum Gasteiger partial charge on any atom is -0.387 e. The Bertz CT molecular complexity index is 665. The molecule has 0 radical (unpaired) electrons. The molecule has 8 nitrogen and oxygen atoms in total. The Balaban J connectivity index is 4.35. The van der Waals surface area contributed by atoms with Crippen LogP contribution in [0.5, 0.6) is 0 Å². The van der Waals surface area contributed by atoms with Gasteiger partial charge in [0.25, 0.3) is 0 Å². The molecule has 220 valence electrons. The standard InChI is InChI=1S/C28H56NO7P/c1-6-8-9-10-11-12-13-14-15-16-17-18-19-20-22-28(32,26(30)21-7-2)27(31)25-36-37(33,34)35-24-23-29(3,4)5/h7,21,27,31-32H,6,8-20,22-25H2,1-5H3/p+1/t27-,28?/m0/s1. The number of unbranched alkanes of at least 4 members (excludes halogenated alkanes) is 13. The first-order chi connectivity index (χ1) is 17.4. The van der Waals surface area contributed by atoms with Gasteiger partial charge in [0.2, 0.25) is 0 Å². The topological polar surface area (TPSA) is 113 Å². The van der Waals surface area contributed by atoms with Crippen LogP contribution >= 0.6 is 7.82 Å². The van der Waals surface area contributed by atoms with E-state index in [1.54, 1.807) is 6.92 Å². The van der Waals surface area contributed by atoms with Crippen molar-refractivity contribution >= 4 is 13.6 Å². The van der Waals surface area contributed by atoms with E-state index in [9.17, 15) is 24.5 Å². The second kappa shape index (κ2) is 20.3. The van der Waals surface area contributed by atoms with Crippen molar-refractivity contribution in [2.45, 2.75) is 122 Å². The third-order valence-electron chi connectivity index (χ3n) is 6.62. The molecule has 0 fully saturated rings. The molecule has 0 aliphatic carbocycles. The van der Waals surface area contributed by atoms with Gasteiger partial charge in [-0.3, -0.25) is 13.8 Å². The first kappa shape index (κ1) is 36.4. The summed E-state index contributed by atoms with van der Waals surface area (Å²) >= 11 is 0. The van der Waals surface area contributed by atoms with Crippen molar-refractivity contribution in [3.05, 3.63) is 12.2 Å². The predicted molar refractivity (Wildman–Crippen MR) is 150 cm³/mol. The molecule has 3 atom stereocenters. The van der Waals surface area contributed by atoms with E-state index < -0.39 is 31.9 Å². The molecule has 0 saturated carbocycles. The Morgan fingerprint density at radius 3 is 1.78 bits per heavy atom. The highest BCUT2D eigenvalue weighted by atomic mass is 31.2. The quantitative estimate of drug-likeness (QED) is 0.0558. The van der Waals surface area contributed by atoms with Gasteiger partial charge in [-0.15, -0.1) is 0 Å². The first-order valence-electron chi connectivity index (χ1n) is 14.4. The third-order valence-corrected chi connectivity index (χ3v) is 7.60. The van der Waals surface area contributed by atoms with Crippen LogP contribution in [0.15, 0.2) is 12.2 Å². The number of phosphoric acid groups is 1. The van der Waals surface area contributed by atoms with E-state index in [-0.39, 0.29) is 13.0 Å². The number of carbonyl (C=O) groups is 1. The maximum atomic E-state index is 12.6. The Kier molecular flexibility index (Phi) is 20.0. The largest absolute Gasteiger partial charge is 0.472 e. The summed E-state index contributed by atoms with van der Waals surface area (Å²) in [7, 11) is 1.33. The number of aliphatic hydroxyl groups excluding tert-OH is 1. The van der Waals surface area contributed by atoms with Crippen molar-refractivity contribution in [1.29, 1.82) is 0 Å². The Morgan fingerprint density at radius 2 is 1.35 bits per heavy atom. The lowest BCUT2D eigenvalue weighted by molar-refractivity contribution is -0.870. The normalized spacial score (nSPS) is 16.5. The van der Waals surface area contributed by atoms with Gasteiger partial charge in [0, 0.05) is 0 Å². The van der Waals surface area contributed by atoms with Crippen molar-refractivity contribution in [2.75, 3.05) is 40.9 Å². The zero-order chi connectivity index (χ0) is 28.2. The van der Waals surface area contributed by atoms with Gasteiger partial charge >= 0.3 is 7.82 Å². The number of ketones is 1. The molecule has 9 heteroatoms. The molecule has 0 heterocycles. The fraction of sp³-hybridized carbons (Fsp3) is 0.893. The molecular formula is C28H57NO7P+. The number of rotatable bonds is 25. The van der Waals surface area contributed by atoms with Crippen LogP contribution in [0.3, 0.4) is 0 Å². The second-order valence-electron chi connectivity index (χ2n) is 11.3. The van der Waals surface area contributed by atoms with Crippen LogP contribution in [0.2, 0.25) is 0 Å². The average Bonchev–Trinajstić information content (AvgIpc) is 2.81. The summed E-state index contributed by atoms with van der Waals surface area (Å²) in [5.41, 5.74) is -2.08. The lowest BCUT2D eigenvalue weighted by atomic mass is 9.86. The number of phosphoric ester groups is 1. The van der Waals surface area contributed by atoms with Gasteiger partial charge in [0.15, 0.2) is 11.4 Å². The molecule has 0 amide bonds. The zero-order valence-corrected chi connectivity index (χ0v) is 25.2. The Hall–Kier alpha value is -0.600. The van der Waals surface area contributed by atoms with Crippen LogP contribution in [-0.2, 0) is 18.4 Å². The number of hydrogen-bond donors (Lipinski definition) is 3. The van der Waals surface area contributed by atoms with E-state index in [1.807, 2.05) is 21.1 Å². The monoisotopic (exact) mass is 550 g/mol. The molecule has 37 heavy (non-hydrogen) atoms. The Labute approximate surface area is 226 Å². The third kappa shape index (κ3) is 19.2. The maximum Gasteiger partial charge on any atom is 0.472 e. The highest BCUT2D eigenvalue weighted by Gasteiger charge is 2.42. The summed E-state index contributed by atoms with van der Waals surface area (Å²) < 4.78 is 22.5. The van der Waals surface area contributed by atoms with E-state index in [4.69, 9.17) is 9.05 Å². The molecule has 0 aromatic rings. The molecule has 0 aliphatic rings. The molecular weight excluding hydrogens is 493 g/mol. The van der Waals surface area contributed by atoms with Crippen molar-refractivity contribution in [1.82, 2.24) is 0 Å². The van der Waals surface area contributed by atoms with E-state index in [2.05, 4.69) is 6.92 Å². The van der Waals surface area contributed by atoms with Crippen LogP contribution in [0.25, 0.3) is 0 Å². The van der Waals surface area contributed by atoms with Crippen molar-refractivity contribution < 1.29 is 38.0 Å². The molecule has 0 aromatic carbocycles. The van der Waals surface area contributed by atoms with Gasteiger partial charge in [-0.2, -0.15) is 0 Å². The number of quaternary nitrogens is 1. The number of nitrogens with zero attached hydrogens (tertiary/aromatic N) is 1. The van der Waals surface area contributed by atoms with Crippen LogP contribution in [-0.4, -0.2) is 78.0 Å². The van der Waals surface area contributed by atoms with Gasteiger partial charge in [-0.25, -0.2) is 4.57 Å². The number of allylic oxidation sites excluding steroid dienone is 1. The van der Waals surface area contributed by atoms with E-state index in [0.717, 1.165) is 19.3 Å². The predicted octanol–water partition coefficient (Wildman–Crippen LogP) is 5.93. The van der Waals surface area contributed by atoms with Crippen LogP contribution in [0.4, 0.5) is 0 Å². The SMILES string of the molecule is CC=CC(=O)C(O)(CCCCCCCCCCCCCCCC)[C@@H](O)COP(=O)(O)OCC[N+](C)(C)C. The summed E-state index contributed by atoms with van der Waals surface area (Å²) in [5.74, 6) is -0.639. The Morgan fingerprint density at radius 1 is 0.892 bits per heavy atom. The molecule has 2 unspecified atom stereocenters. The number of likely N-dealkylation sites (N-methyl/N-ethyl adjacent to an activating group) is 1. The van der Waals surface area contributed by atoms with Gasteiger partial charge < -0.3 is 19.6 Å². The van der Waals surface area contributed by atoms with E-state index in [0.29, 0.717) is 17.4 Å². The second-order valence-corrected chi connectivity index (χ2v) is 12.7. The van der Waals surface area contributed by atoms with E-state index >= 15 is 0 Å². The number of aliphatic hydroxyl groups is 2. The fourth-order valence-corrected chi connectivity index (χ4v) is 4.83. The smallest absolute Gasteiger partial charge is 0.387 e. The lowest BCUT2D eigenvalue weighted by Gasteiger charge is -2.31.